The number of carbonyl (C=O) groups is 3. The van der Waals surface area contributed by atoms with E-state index in [1.165, 1.54) is 27.9 Å². The molecule has 3 rings (SSSR count). The smallest absolute Gasteiger partial charge is 0.276 e. The molecule has 0 fully saturated rings. The van der Waals surface area contributed by atoms with Crippen LogP contribution in [-0.2, 0) is 14.3 Å². The highest BCUT2D eigenvalue weighted by atomic mass is 16.6. The minimum Gasteiger partial charge on any atom is -0.507 e. The van der Waals surface area contributed by atoms with Crippen molar-refractivity contribution in [3.05, 3.63) is 64.7 Å². The molecular weight excluding hydrogens is 564 g/mol. The molecule has 0 saturated heterocycles. The van der Waals surface area contributed by atoms with Crippen molar-refractivity contribution in [1.29, 1.82) is 0 Å². The molecule has 2 aromatic carbocycles. The molecule has 0 amide bonds. The van der Waals surface area contributed by atoms with E-state index in [2.05, 4.69) is 4.74 Å². The third kappa shape index (κ3) is 8.20. The molecule has 0 spiro atoms. The number of carbonyl (C=O) groups excluding carboxylic acids is 3. The molecule has 1 unspecified atom stereocenters. The SMILES string of the molecule is CC(=O)c1c(C)c([N+](=O)[O-])c(C)c(C)c1O.COCC(C)=O.COCC1(C)CC(=O)c2c(C)c([N+](=O)[O-])c(C)c(C)c2O1. The van der Waals surface area contributed by atoms with Gasteiger partial charge in [0.25, 0.3) is 11.4 Å². The van der Waals surface area contributed by atoms with Gasteiger partial charge >= 0.3 is 0 Å². The van der Waals surface area contributed by atoms with Crippen LogP contribution < -0.4 is 4.74 Å². The first kappa shape index (κ1) is 36.8. The lowest BCUT2D eigenvalue weighted by atomic mass is 9.86. The van der Waals surface area contributed by atoms with Gasteiger partial charge in [-0.1, -0.05) is 0 Å². The third-order valence-electron chi connectivity index (χ3n) is 7.13. The van der Waals surface area contributed by atoms with Crippen LogP contribution in [-0.4, -0.2) is 65.3 Å². The summed E-state index contributed by atoms with van der Waals surface area (Å²) in [7, 11) is 3.05. The summed E-state index contributed by atoms with van der Waals surface area (Å²) in [5.74, 6) is -0.155. The van der Waals surface area contributed by atoms with Crippen LogP contribution in [0.25, 0.3) is 0 Å². The van der Waals surface area contributed by atoms with Crippen molar-refractivity contribution in [3.63, 3.8) is 0 Å². The number of phenolic OH excluding ortho intramolecular Hbond substituents is 1. The van der Waals surface area contributed by atoms with Crippen molar-refractivity contribution in [1.82, 2.24) is 0 Å². The normalized spacial score (nSPS) is 15.2. The van der Waals surface area contributed by atoms with Crippen molar-refractivity contribution < 1.29 is 43.5 Å². The molecule has 0 radical (unpaired) electrons. The third-order valence-corrected chi connectivity index (χ3v) is 7.13. The van der Waals surface area contributed by atoms with Crippen LogP contribution in [0, 0.1) is 61.8 Å². The number of phenols is 1. The molecule has 1 N–H and O–H groups in total. The topological polar surface area (TPSA) is 185 Å². The molecule has 1 atom stereocenters. The van der Waals surface area contributed by atoms with E-state index >= 15 is 0 Å². The highest BCUT2D eigenvalue weighted by Gasteiger charge is 2.41. The number of hydrogen-bond donors (Lipinski definition) is 1. The Morgan fingerprint density at radius 2 is 1.35 bits per heavy atom. The largest absolute Gasteiger partial charge is 0.507 e. The van der Waals surface area contributed by atoms with E-state index in [9.17, 15) is 39.7 Å². The minimum absolute atomic E-state index is 0.00135. The maximum atomic E-state index is 12.5. The van der Waals surface area contributed by atoms with Gasteiger partial charge in [0.1, 0.15) is 23.7 Å². The van der Waals surface area contributed by atoms with Gasteiger partial charge in [-0.25, -0.2) is 0 Å². The fourth-order valence-corrected chi connectivity index (χ4v) is 4.97. The second kappa shape index (κ2) is 14.8. The number of nitrogens with zero attached hydrogens (tertiary/aromatic N) is 2. The summed E-state index contributed by atoms with van der Waals surface area (Å²) in [6.45, 7) is 14.7. The Labute approximate surface area is 250 Å². The Bertz CT molecular complexity index is 1420. The van der Waals surface area contributed by atoms with E-state index in [0.717, 1.165) is 0 Å². The first-order valence-corrected chi connectivity index (χ1v) is 13.2. The van der Waals surface area contributed by atoms with E-state index in [-0.39, 0.29) is 65.2 Å². The van der Waals surface area contributed by atoms with Gasteiger partial charge in [-0.05, 0) is 62.3 Å². The minimum atomic E-state index is -0.737. The lowest BCUT2D eigenvalue weighted by Crippen LogP contribution is -2.43. The first-order chi connectivity index (χ1) is 19.8. The Hall–Kier alpha value is -4.23. The molecule has 1 heterocycles. The fraction of sp³-hybridized carbons (Fsp3) is 0.500. The number of rotatable bonds is 7. The standard InChI is InChI=1S/C15H19NO5.C11H13NO4.C4H8O2/c1-8-9(2)14-12(10(3)13(8)16(18)19)11(17)6-15(4,21-14)7-20-5;1-5-6(2)11(14)9(8(4)13)7(3)10(5)12(15)16;1-4(5)3-6-2/h6-7H2,1-5H3;14H,1-4H3;3H2,1-2H3. The van der Waals surface area contributed by atoms with Crippen LogP contribution in [0.3, 0.4) is 0 Å². The average Bonchev–Trinajstić information content (AvgIpc) is 2.86. The predicted molar refractivity (Wildman–Crippen MR) is 159 cm³/mol. The van der Waals surface area contributed by atoms with Crippen LogP contribution in [0.1, 0.15) is 81.3 Å². The highest BCUT2D eigenvalue weighted by Crippen LogP contribution is 2.43. The van der Waals surface area contributed by atoms with Gasteiger partial charge in [0.05, 0.1) is 34.0 Å². The van der Waals surface area contributed by atoms with E-state index in [0.29, 0.717) is 39.1 Å². The zero-order valence-electron chi connectivity index (χ0n) is 26.5. The molecule has 0 saturated carbocycles. The van der Waals surface area contributed by atoms with E-state index in [1.54, 1.807) is 41.7 Å². The number of fused-ring (bicyclic) bond motifs is 1. The number of aromatic hydroxyl groups is 1. The summed E-state index contributed by atoms with van der Waals surface area (Å²) < 4.78 is 15.6. The second-order valence-corrected chi connectivity index (χ2v) is 10.7. The number of methoxy groups -OCH3 is 2. The molecule has 13 heteroatoms. The Balaban J connectivity index is 0.000000371. The highest BCUT2D eigenvalue weighted by molar-refractivity contribution is 6.03. The molecule has 0 bridgehead atoms. The maximum Gasteiger partial charge on any atom is 0.276 e. The number of nitro groups is 2. The van der Waals surface area contributed by atoms with Gasteiger partial charge in [-0.3, -0.25) is 34.6 Å². The van der Waals surface area contributed by atoms with Crippen LogP contribution in [0.4, 0.5) is 11.4 Å². The molecule has 0 aliphatic carbocycles. The van der Waals surface area contributed by atoms with E-state index in [1.807, 2.05) is 6.92 Å². The lowest BCUT2D eigenvalue weighted by molar-refractivity contribution is -0.386. The molecule has 13 nitrogen and oxygen atoms in total. The van der Waals surface area contributed by atoms with Crippen molar-refractivity contribution in [3.8, 4) is 11.5 Å². The summed E-state index contributed by atoms with van der Waals surface area (Å²) in [4.78, 5) is 54.9. The van der Waals surface area contributed by atoms with E-state index < -0.39 is 15.4 Å². The van der Waals surface area contributed by atoms with Crippen molar-refractivity contribution in [2.75, 3.05) is 27.4 Å². The van der Waals surface area contributed by atoms with Crippen molar-refractivity contribution in [2.45, 2.75) is 74.3 Å². The summed E-state index contributed by atoms with van der Waals surface area (Å²) in [6, 6.07) is 0. The Kier molecular flexibility index (Phi) is 12.7. The predicted octanol–water partition coefficient (Wildman–Crippen LogP) is 5.54. The van der Waals surface area contributed by atoms with Crippen molar-refractivity contribution in [2.24, 2.45) is 0 Å². The Morgan fingerprint density at radius 1 is 0.860 bits per heavy atom. The average molecular weight is 605 g/mol. The van der Waals surface area contributed by atoms with Gasteiger partial charge in [0, 0.05) is 47.6 Å². The number of Topliss-reactive ketones (excluding diaryl/α,β-unsaturated/α-hetero) is 3. The summed E-state index contributed by atoms with van der Waals surface area (Å²) in [5, 5.41) is 31.9. The molecule has 43 heavy (non-hydrogen) atoms. The zero-order chi connectivity index (χ0) is 33.6. The van der Waals surface area contributed by atoms with Crippen LogP contribution in [0.15, 0.2) is 0 Å². The Morgan fingerprint density at radius 3 is 1.74 bits per heavy atom. The first-order valence-electron chi connectivity index (χ1n) is 13.2. The fourth-order valence-electron chi connectivity index (χ4n) is 4.97. The maximum absolute atomic E-state index is 12.5. The van der Waals surface area contributed by atoms with Gasteiger partial charge in [-0.2, -0.15) is 0 Å². The molecule has 236 valence electrons. The van der Waals surface area contributed by atoms with E-state index in [4.69, 9.17) is 9.47 Å². The van der Waals surface area contributed by atoms with Crippen LogP contribution >= 0.6 is 0 Å². The van der Waals surface area contributed by atoms with Crippen LogP contribution in [0.5, 0.6) is 11.5 Å². The molecule has 0 aromatic heterocycles. The van der Waals surface area contributed by atoms with Gasteiger partial charge in [-0.15, -0.1) is 0 Å². The molecule has 2 aromatic rings. The van der Waals surface area contributed by atoms with Crippen molar-refractivity contribution >= 4 is 28.7 Å². The molecule has 1 aliphatic rings. The molecule has 1 aliphatic heterocycles. The zero-order valence-corrected chi connectivity index (χ0v) is 26.5. The number of benzene rings is 2. The molecular formula is C30H40N2O11. The lowest BCUT2D eigenvalue weighted by Gasteiger charge is -2.36. The second-order valence-electron chi connectivity index (χ2n) is 10.7. The summed E-state index contributed by atoms with van der Waals surface area (Å²) in [6.07, 6.45) is 0.147. The van der Waals surface area contributed by atoms with Gasteiger partial charge in [0.15, 0.2) is 17.3 Å². The summed E-state index contributed by atoms with van der Waals surface area (Å²) >= 11 is 0. The number of nitro benzene ring substituents is 2. The summed E-state index contributed by atoms with van der Waals surface area (Å²) in [5.41, 5.74) is 2.07. The number of ether oxygens (including phenoxy) is 3. The monoisotopic (exact) mass is 604 g/mol. The van der Waals surface area contributed by atoms with Gasteiger partial charge < -0.3 is 19.3 Å². The van der Waals surface area contributed by atoms with Gasteiger partial charge in [0.2, 0.25) is 0 Å². The number of ketones is 3. The van der Waals surface area contributed by atoms with Crippen LogP contribution in [0.2, 0.25) is 0 Å². The quantitative estimate of drug-likeness (QED) is 0.237. The number of hydrogen-bond acceptors (Lipinski definition) is 11.